The maximum Gasteiger partial charge on any atom is 0.162 e. The predicted molar refractivity (Wildman–Crippen MR) is 134 cm³/mol. The number of aryl methyl sites for hydroxylation is 1. The number of anilines is 1. The maximum absolute atomic E-state index is 4.81. The molecular weight excluding hydrogens is 408 g/mol. The van der Waals surface area contributed by atoms with E-state index in [1.165, 1.54) is 11.3 Å². The van der Waals surface area contributed by atoms with Gasteiger partial charge in [-0.3, -0.25) is 4.98 Å². The maximum atomic E-state index is 4.81. The van der Waals surface area contributed by atoms with Gasteiger partial charge in [0.1, 0.15) is 0 Å². The quantitative estimate of drug-likeness (QED) is 0.449. The molecule has 0 spiro atoms. The summed E-state index contributed by atoms with van der Waals surface area (Å²) in [6.07, 6.45) is 8.78. The van der Waals surface area contributed by atoms with Crippen LogP contribution in [0.5, 0.6) is 0 Å². The first kappa shape index (κ1) is 19.9. The molecule has 33 heavy (non-hydrogen) atoms. The molecule has 1 aliphatic rings. The molecular formula is C27H26N6. The van der Waals surface area contributed by atoms with E-state index in [0.717, 1.165) is 71.4 Å². The smallest absolute Gasteiger partial charge is 0.162 e. The van der Waals surface area contributed by atoms with Gasteiger partial charge in [0.25, 0.3) is 0 Å². The predicted octanol–water partition coefficient (Wildman–Crippen LogP) is 4.58. The molecule has 1 aliphatic heterocycles. The lowest BCUT2D eigenvalue weighted by Crippen LogP contribution is -2.43. The summed E-state index contributed by atoms with van der Waals surface area (Å²) >= 11 is 0. The molecule has 0 atom stereocenters. The van der Waals surface area contributed by atoms with Crippen molar-refractivity contribution in [2.75, 3.05) is 31.1 Å². The summed E-state index contributed by atoms with van der Waals surface area (Å²) in [6.45, 7) is 6.34. The second-order valence-corrected chi connectivity index (χ2v) is 8.52. The van der Waals surface area contributed by atoms with Crippen LogP contribution in [0.4, 0.5) is 5.69 Å². The Bertz CT molecular complexity index is 1430. The van der Waals surface area contributed by atoms with Crippen molar-refractivity contribution >= 4 is 22.2 Å². The van der Waals surface area contributed by atoms with Gasteiger partial charge in [-0.05, 0) is 47.4 Å². The lowest BCUT2D eigenvalue weighted by Gasteiger charge is -2.29. The number of hydrogen-bond donors (Lipinski definition) is 1. The topological polar surface area (TPSA) is 58.4 Å². The van der Waals surface area contributed by atoms with Gasteiger partial charge in [-0.1, -0.05) is 31.2 Å². The zero-order valence-corrected chi connectivity index (χ0v) is 18.7. The molecule has 3 aromatic heterocycles. The molecule has 0 radical (unpaired) electrons. The van der Waals surface area contributed by atoms with Gasteiger partial charge in [0, 0.05) is 67.0 Å². The lowest BCUT2D eigenvalue weighted by atomic mass is 10.0. The fraction of sp³-hybridized carbons (Fsp3) is 0.222. The Kier molecular flexibility index (Phi) is 5.00. The zero-order chi connectivity index (χ0) is 22.2. The molecule has 2 aromatic carbocycles. The summed E-state index contributed by atoms with van der Waals surface area (Å²) in [5.41, 5.74) is 8.74. The van der Waals surface area contributed by atoms with E-state index in [1.54, 1.807) is 0 Å². The molecule has 0 aliphatic carbocycles. The van der Waals surface area contributed by atoms with Crippen LogP contribution < -0.4 is 10.2 Å². The molecule has 0 unspecified atom stereocenters. The summed E-state index contributed by atoms with van der Waals surface area (Å²) in [6, 6.07) is 17.3. The summed E-state index contributed by atoms with van der Waals surface area (Å²) in [4.78, 5) is 11.8. The highest BCUT2D eigenvalue weighted by atomic mass is 15.2. The van der Waals surface area contributed by atoms with Crippen LogP contribution in [0.2, 0.25) is 0 Å². The Hall–Kier alpha value is -3.77. The molecule has 0 amide bonds. The fourth-order valence-corrected chi connectivity index (χ4v) is 4.65. The lowest BCUT2D eigenvalue weighted by molar-refractivity contribution is 0.589. The third kappa shape index (κ3) is 3.62. The van der Waals surface area contributed by atoms with Crippen LogP contribution in [0.25, 0.3) is 38.8 Å². The SMILES string of the molecule is CCc1ccc2c(-c3cnn4cc(-c5ccc(N6CCNCC6)cc5)cnc34)ccnc2c1. The highest BCUT2D eigenvalue weighted by Gasteiger charge is 2.14. The Morgan fingerprint density at radius 3 is 2.55 bits per heavy atom. The van der Waals surface area contributed by atoms with E-state index in [9.17, 15) is 0 Å². The Morgan fingerprint density at radius 1 is 0.879 bits per heavy atom. The van der Waals surface area contributed by atoms with Crippen LogP contribution in [0.1, 0.15) is 12.5 Å². The molecule has 6 nitrogen and oxygen atoms in total. The highest BCUT2D eigenvalue weighted by Crippen LogP contribution is 2.31. The first-order chi connectivity index (χ1) is 16.3. The van der Waals surface area contributed by atoms with E-state index in [-0.39, 0.29) is 0 Å². The van der Waals surface area contributed by atoms with Crippen molar-refractivity contribution in [3.05, 3.63) is 78.9 Å². The van der Waals surface area contributed by atoms with Crippen molar-refractivity contribution in [1.82, 2.24) is 24.9 Å². The zero-order valence-electron chi connectivity index (χ0n) is 18.7. The minimum absolute atomic E-state index is 0.850. The second-order valence-electron chi connectivity index (χ2n) is 8.52. The molecule has 1 N–H and O–H groups in total. The van der Waals surface area contributed by atoms with Crippen molar-refractivity contribution in [2.45, 2.75) is 13.3 Å². The van der Waals surface area contributed by atoms with Crippen LogP contribution in [-0.4, -0.2) is 45.8 Å². The van der Waals surface area contributed by atoms with Crippen LogP contribution in [0.15, 0.2) is 73.3 Å². The molecule has 4 heterocycles. The highest BCUT2D eigenvalue weighted by molar-refractivity contribution is 5.97. The van der Waals surface area contributed by atoms with E-state index >= 15 is 0 Å². The third-order valence-corrected chi connectivity index (χ3v) is 6.54. The Morgan fingerprint density at radius 2 is 1.73 bits per heavy atom. The number of nitrogens with zero attached hydrogens (tertiary/aromatic N) is 5. The van der Waals surface area contributed by atoms with Crippen molar-refractivity contribution in [1.29, 1.82) is 0 Å². The molecule has 0 bridgehead atoms. The summed E-state index contributed by atoms with van der Waals surface area (Å²) in [5, 5.41) is 9.16. The largest absolute Gasteiger partial charge is 0.369 e. The molecule has 5 aromatic rings. The fourth-order valence-electron chi connectivity index (χ4n) is 4.65. The van der Waals surface area contributed by atoms with Gasteiger partial charge in [-0.15, -0.1) is 0 Å². The first-order valence-corrected chi connectivity index (χ1v) is 11.6. The molecule has 1 fully saturated rings. The summed E-state index contributed by atoms with van der Waals surface area (Å²) in [5.74, 6) is 0. The Balaban J connectivity index is 1.35. The summed E-state index contributed by atoms with van der Waals surface area (Å²) < 4.78 is 1.88. The van der Waals surface area contributed by atoms with Gasteiger partial charge in [0.15, 0.2) is 5.65 Å². The number of pyridine rings is 1. The Labute approximate surface area is 192 Å². The third-order valence-electron chi connectivity index (χ3n) is 6.54. The van der Waals surface area contributed by atoms with Crippen molar-refractivity contribution in [2.24, 2.45) is 0 Å². The molecule has 6 heteroatoms. The molecule has 0 saturated carbocycles. The summed E-state index contributed by atoms with van der Waals surface area (Å²) in [7, 11) is 0. The van der Waals surface area contributed by atoms with Gasteiger partial charge < -0.3 is 10.2 Å². The normalized spacial score (nSPS) is 14.3. The first-order valence-electron chi connectivity index (χ1n) is 11.6. The van der Waals surface area contributed by atoms with Crippen LogP contribution in [0.3, 0.4) is 0 Å². The molecule has 1 saturated heterocycles. The van der Waals surface area contributed by atoms with Crippen LogP contribution in [0, 0.1) is 0 Å². The minimum Gasteiger partial charge on any atom is -0.369 e. The standard InChI is InChI=1S/C27H26N6/c1-2-19-3-8-24-23(9-10-29-26(24)15-19)25-17-31-33-18-21(16-30-27(25)33)20-4-6-22(7-5-20)32-13-11-28-12-14-32/h3-10,15-18,28H,2,11-14H2,1H3. The van der Waals surface area contributed by atoms with Gasteiger partial charge in [-0.25, -0.2) is 9.50 Å². The van der Waals surface area contributed by atoms with E-state index in [2.05, 4.69) is 82.0 Å². The average molecular weight is 435 g/mol. The van der Waals surface area contributed by atoms with Crippen molar-refractivity contribution in [3.8, 4) is 22.3 Å². The van der Waals surface area contributed by atoms with E-state index < -0.39 is 0 Å². The van der Waals surface area contributed by atoms with E-state index in [4.69, 9.17) is 4.98 Å². The van der Waals surface area contributed by atoms with Gasteiger partial charge >= 0.3 is 0 Å². The second kappa shape index (κ2) is 8.30. The van der Waals surface area contributed by atoms with Crippen LogP contribution >= 0.6 is 0 Å². The van der Waals surface area contributed by atoms with Gasteiger partial charge in [-0.2, -0.15) is 5.10 Å². The van der Waals surface area contributed by atoms with E-state index in [0.29, 0.717) is 0 Å². The number of fused-ring (bicyclic) bond motifs is 2. The average Bonchev–Trinajstić information content (AvgIpc) is 3.31. The number of nitrogens with one attached hydrogen (secondary N) is 1. The molecule has 6 rings (SSSR count). The van der Waals surface area contributed by atoms with Crippen molar-refractivity contribution in [3.63, 3.8) is 0 Å². The number of hydrogen-bond acceptors (Lipinski definition) is 5. The number of piperazine rings is 1. The molecule has 164 valence electrons. The van der Waals surface area contributed by atoms with E-state index in [1.807, 2.05) is 23.1 Å². The van der Waals surface area contributed by atoms with Crippen molar-refractivity contribution < 1.29 is 0 Å². The van der Waals surface area contributed by atoms with Crippen LogP contribution in [-0.2, 0) is 6.42 Å². The van der Waals surface area contributed by atoms with Gasteiger partial charge in [0.2, 0.25) is 0 Å². The van der Waals surface area contributed by atoms with Gasteiger partial charge in [0.05, 0.1) is 11.7 Å². The number of rotatable bonds is 4. The number of aromatic nitrogens is 4. The monoisotopic (exact) mass is 434 g/mol. The number of benzene rings is 2. The minimum atomic E-state index is 0.850.